The van der Waals surface area contributed by atoms with Gasteiger partial charge in [0.2, 0.25) is 10.0 Å². The highest BCUT2D eigenvalue weighted by Crippen LogP contribution is 2.18. The summed E-state index contributed by atoms with van der Waals surface area (Å²) in [5.74, 6) is 0.505. The largest absolute Gasteiger partial charge is 0.489 e. The maximum Gasteiger partial charge on any atom is 0.242 e. The van der Waals surface area contributed by atoms with Gasteiger partial charge in [-0.15, -0.1) is 0 Å². The van der Waals surface area contributed by atoms with Crippen molar-refractivity contribution in [2.24, 2.45) is 0 Å². The number of hydrogen-bond donors (Lipinski definition) is 0. The molecule has 1 rings (SSSR count). The molecule has 0 saturated carbocycles. The van der Waals surface area contributed by atoms with Crippen molar-refractivity contribution in [2.45, 2.75) is 18.2 Å². The van der Waals surface area contributed by atoms with Gasteiger partial charge in [0, 0.05) is 14.1 Å². The van der Waals surface area contributed by atoms with E-state index in [0.29, 0.717) is 24.1 Å². The molecule has 0 aliphatic carbocycles. The molecule has 0 bridgehead atoms. The lowest BCUT2D eigenvalue weighted by atomic mass is 10.2. The van der Waals surface area contributed by atoms with Crippen LogP contribution in [0.2, 0.25) is 0 Å². The van der Waals surface area contributed by atoms with Crippen molar-refractivity contribution >= 4 is 10.0 Å². The van der Waals surface area contributed by atoms with Crippen LogP contribution in [-0.4, -0.2) is 33.4 Å². The van der Waals surface area contributed by atoms with Crippen molar-refractivity contribution in [3.8, 4) is 5.75 Å². The minimum atomic E-state index is -3.43. The smallest absolute Gasteiger partial charge is 0.242 e. The van der Waals surface area contributed by atoms with Gasteiger partial charge in [-0.25, -0.2) is 17.1 Å². The zero-order valence-electron chi connectivity index (χ0n) is 11.3. The maximum atomic E-state index is 12.3. The first-order chi connectivity index (χ1) is 8.91. The second-order valence-corrected chi connectivity index (χ2v) is 6.32. The molecule has 0 amide bonds. The predicted octanol–water partition coefficient (Wildman–Crippen LogP) is 2.58. The number of sulfonamides is 1. The van der Waals surface area contributed by atoms with Crippen molar-refractivity contribution < 1.29 is 17.5 Å². The third kappa shape index (κ3) is 4.04. The van der Waals surface area contributed by atoms with Gasteiger partial charge < -0.3 is 4.74 Å². The van der Waals surface area contributed by atoms with Crippen LogP contribution in [0.4, 0.5) is 4.39 Å². The highest BCUT2D eigenvalue weighted by atomic mass is 32.2. The van der Waals surface area contributed by atoms with Gasteiger partial charge in [0.1, 0.15) is 12.4 Å². The summed E-state index contributed by atoms with van der Waals surface area (Å²) in [4.78, 5) is 0.196. The van der Waals surface area contributed by atoms with Gasteiger partial charge >= 0.3 is 0 Å². The molecule has 6 heteroatoms. The van der Waals surface area contributed by atoms with Crippen LogP contribution in [-0.2, 0) is 10.0 Å². The molecule has 0 saturated heterocycles. The molecule has 0 unspecified atom stereocenters. The zero-order chi connectivity index (χ0) is 14.5. The SMILES string of the molecule is CC/C(=C\F)COc1ccc(S(=O)(=O)N(C)C)cc1. The average molecular weight is 287 g/mol. The number of hydrogen-bond acceptors (Lipinski definition) is 3. The van der Waals surface area contributed by atoms with Gasteiger partial charge in [0.15, 0.2) is 0 Å². The van der Waals surface area contributed by atoms with Crippen LogP contribution in [0.5, 0.6) is 5.75 Å². The third-order valence-electron chi connectivity index (χ3n) is 2.63. The van der Waals surface area contributed by atoms with Crippen LogP contribution >= 0.6 is 0 Å². The molecule has 0 radical (unpaired) electrons. The molecule has 4 nitrogen and oxygen atoms in total. The van der Waals surface area contributed by atoms with E-state index in [1.54, 1.807) is 12.1 Å². The van der Waals surface area contributed by atoms with E-state index in [1.165, 1.54) is 26.2 Å². The summed E-state index contributed by atoms with van der Waals surface area (Å²) in [6.07, 6.45) is 1.11. The van der Waals surface area contributed by atoms with Crippen LogP contribution in [0, 0.1) is 0 Å². The normalized spacial score (nSPS) is 12.8. The number of nitrogens with zero attached hydrogens (tertiary/aromatic N) is 1. The van der Waals surface area contributed by atoms with Crippen LogP contribution < -0.4 is 4.74 Å². The lowest BCUT2D eigenvalue weighted by molar-refractivity contribution is 0.345. The summed E-state index contributed by atoms with van der Waals surface area (Å²) in [7, 11) is -0.485. The molecule has 106 valence electrons. The lowest BCUT2D eigenvalue weighted by Gasteiger charge is -2.12. The standard InChI is InChI=1S/C13H18FNO3S/c1-4-11(9-14)10-18-12-5-7-13(8-6-12)19(16,17)15(2)3/h5-9H,4,10H2,1-3H3/b11-9+. The molecule has 0 atom stereocenters. The molecule has 0 N–H and O–H groups in total. The molecule has 0 fully saturated rings. The summed E-state index contributed by atoms with van der Waals surface area (Å²) in [5.41, 5.74) is 0.546. The highest BCUT2D eigenvalue weighted by molar-refractivity contribution is 7.89. The second kappa shape index (κ2) is 6.68. The zero-order valence-corrected chi connectivity index (χ0v) is 12.1. The Bertz CT molecular complexity index is 536. The van der Waals surface area contributed by atoms with Gasteiger partial charge in [-0.05, 0) is 36.3 Å². The molecule has 0 aromatic heterocycles. The first kappa shape index (κ1) is 15.7. The molecule has 0 aliphatic rings. The van der Waals surface area contributed by atoms with Crippen molar-refractivity contribution in [3.05, 3.63) is 36.2 Å². The molecular weight excluding hydrogens is 269 g/mol. The van der Waals surface area contributed by atoms with Crippen LogP contribution in [0.15, 0.2) is 41.1 Å². The summed E-state index contributed by atoms with van der Waals surface area (Å²) in [6, 6.07) is 6.05. The summed E-state index contributed by atoms with van der Waals surface area (Å²) in [5, 5.41) is 0. The average Bonchev–Trinajstić information content (AvgIpc) is 2.40. The Morgan fingerprint density at radius 1 is 1.32 bits per heavy atom. The van der Waals surface area contributed by atoms with Crippen LogP contribution in [0.3, 0.4) is 0 Å². The summed E-state index contributed by atoms with van der Waals surface area (Å²) in [6.45, 7) is 1.99. The Morgan fingerprint density at radius 2 is 1.89 bits per heavy atom. The summed E-state index contributed by atoms with van der Waals surface area (Å²) >= 11 is 0. The molecule has 19 heavy (non-hydrogen) atoms. The molecule has 0 spiro atoms. The molecule has 1 aromatic rings. The monoisotopic (exact) mass is 287 g/mol. The fourth-order valence-corrected chi connectivity index (χ4v) is 2.21. The minimum absolute atomic E-state index is 0.160. The Labute approximate surface area is 113 Å². The molecule has 1 aromatic carbocycles. The predicted molar refractivity (Wildman–Crippen MR) is 72.3 cm³/mol. The lowest BCUT2D eigenvalue weighted by Crippen LogP contribution is -2.22. The van der Waals surface area contributed by atoms with Gasteiger partial charge in [-0.1, -0.05) is 6.92 Å². The first-order valence-electron chi connectivity index (χ1n) is 5.85. The van der Waals surface area contributed by atoms with Crippen LogP contribution in [0.25, 0.3) is 0 Å². The Morgan fingerprint density at radius 3 is 2.32 bits per heavy atom. The first-order valence-corrected chi connectivity index (χ1v) is 7.29. The number of ether oxygens (including phenoxy) is 1. The van der Waals surface area contributed by atoms with E-state index in [1.807, 2.05) is 6.92 Å². The second-order valence-electron chi connectivity index (χ2n) is 4.17. The van der Waals surface area contributed by atoms with E-state index in [9.17, 15) is 12.8 Å². The highest BCUT2D eigenvalue weighted by Gasteiger charge is 2.16. The van der Waals surface area contributed by atoms with E-state index in [-0.39, 0.29) is 11.5 Å². The Hall–Kier alpha value is -1.40. The van der Waals surface area contributed by atoms with Gasteiger partial charge in [-0.3, -0.25) is 0 Å². The van der Waals surface area contributed by atoms with Gasteiger partial charge in [-0.2, -0.15) is 0 Å². The quantitative estimate of drug-likeness (QED) is 0.808. The topological polar surface area (TPSA) is 46.6 Å². The van der Waals surface area contributed by atoms with Crippen molar-refractivity contribution in [2.75, 3.05) is 20.7 Å². The van der Waals surface area contributed by atoms with Crippen molar-refractivity contribution in [1.29, 1.82) is 0 Å². The molecule has 0 heterocycles. The Balaban J connectivity index is 2.78. The van der Waals surface area contributed by atoms with E-state index < -0.39 is 10.0 Å². The number of benzene rings is 1. The van der Waals surface area contributed by atoms with Crippen molar-refractivity contribution in [1.82, 2.24) is 4.31 Å². The van der Waals surface area contributed by atoms with E-state index in [4.69, 9.17) is 4.74 Å². The van der Waals surface area contributed by atoms with E-state index in [0.717, 1.165) is 4.31 Å². The van der Waals surface area contributed by atoms with E-state index >= 15 is 0 Å². The summed E-state index contributed by atoms with van der Waals surface area (Å²) < 4.78 is 42.5. The third-order valence-corrected chi connectivity index (χ3v) is 4.46. The molecular formula is C13H18FNO3S. The van der Waals surface area contributed by atoms with Gasteiger partial charge in [0.05, 0.1) is 11.2 Å². The number of rotatable bonds is 6. The Kier molecular flexibility index (Phi) is 5.50. The minimum Gasteiger partial charge on any atom is -0.489 e. The van der Waals surface area contributed by atoms with Gasteiger partial charge in [0.25, 0.3) is 0 Å². The number of halogens is 1. The van der Waals surface area contributed by atoms with Crippen molar-refractivity contribution in [3.63, 3.8) is 0 Å². The van der Waals surface area contributed by atoms with Crippen LogP contribution in [0.1, 0.15) is 13.3 Å². The molecule has 0 aliphatic heterocycles. The maximum absolute atomic E-state index is 12.3. The van der Waals surface area contributed by atoms with E-state index in [2.05, 4.69) is 0 Å². The fraction of sp³-hybridized carbons (Fsp3) is 0.385. The fourth-order valence-electron chi connectivity index (χ4n) is 1.31.